The summed E-state index contributed by atoms with van der Waals surface area (Å²) in [5.74, 6) is -2.59. The molecule has 21 nitrogen and oxygen atoms in total. The molecule has 0 saturated carbocycles. The van der Waals surface area contributed by atoms with Gasteiger partial charge in [0.15, 0.2) is 6.29 Å². The summed E-state index contributed by atoms with van der Waals surface area (Å²) in [6.07, 6.45) is 2.97. The average Bonchev–Trinajstić information content (AvgIpc) is 3.15. The first-order chi connectivity index (χ1) is 27.7. The van der Waals surface area contributed by atoms with Crippen LogP contribution >= 0.6 is 0 Å². The number of hydrogen-bond donors (Lipinski definition) is 7. The van der Waals surface area contributed by atoms with E-state index in [4.69, 9.17) is 39.9 Å². The molecule has 0 aromatic rings. The molecule has 1 heterocycles. The zero-order valence-electron chi connectivity index (χ0n) is 34.1. The van der Waals surface area contributed by atoms with Crippen molar-refractivity contribution in [1.82, 2.24) is 21.3 Å². The van der Waals surface area contributed by atoms with E-state index in [0.717, 1.165) is 19.3 Å². The van der Waals surface area contributed by atoms with Crippen molar-refractivity contribution in [2.45, 2.75) is 147 Å². The van der Waals surface area contributed by atoms with Gasteiger partial charge in [0, 0.05) is 65.1 Å². The fourth-order valence-electron chi connectivity index (χ4n) is 6.38. The summed E-state index contributed by atoms with van der Waals surface area (Å²) in [6, 6.07) is -0.805. The van der Waals surface area contributed by atoms with E-state index < -0.39 is 54.0 Å². The first-order valence-electron chi connectivity index (χ1n) is 19.8. The fourth-order valence-corrected chi connectivity index (χ4v) is 6.38. The Hall–Kier alpha value is -4.15. The van der Waals surface area contributed by atoms with Gasteiger partial charge in [-0.1, -0.05) is 12.8 Å². The Kier molecular flexibility index (Phi) is 27.6. The highest BCUT2D eigenvalue weighted by atomic mass is 17.1. The van der Waals surface area contributed by atoms with Gasteiger partial charge in [-0.25, -0.2) is 14.6 Å². The quantitative estimate of drug-likeness (QED) is 0.0167. The van der Waals surface area contributed by atoms with E-state index in [0.29, 0.717) is 64.5 Å². The molecule has 1 aliphatic heterocycles. The van der Waals surface area contributed by atoms with Gasteiger partial charge >= 0.3 is 18.0 Å². The number of carbonyl (C=O) groups excluding carboxylic acids is 7. The molecule has 4 atom stereocenters. The number of carbonyl (C=O) groups is 7. The van der Waals surface area contributed by atoms with Crippen LogP contribution in [0.3, 0.4) is 0 Å². The topological polar surface area (TPSA) is 299 Å². The van der Waals surface area contributed by atoms with Crippen LogP contribution in [-0.2, 0) is 62.2 Å². The van der Waals surface area contributed by atoms with Crippen LogP contribution in [0.5, 0.6) is 0 Å². The lowest BCUT2D eigenvalue weighted by Gasteiger charge is -2.40. The van der Waals surface area contributed by atoms with Gasteiger partial charge in [0.1, 0.15) is 18.8 Å². The van der Waals surface area contributed by atoms with Crippen LogP contribution in [0.1, 0.15) is 117 Å². The Morgan fingerprint density at radius 3 is 1.90 bits per heavy atom. The molecule has 0 aromatic carbocycles. The second kappa shape index (κ2) is 30.9. The van der Waals surface area contributed by atoms with Gasteiger partial charge in [-0.05, 0) is 57.8 Å². The van der Waals surface area contributed by atoms with Crippen LogP contribution < -0.4 is 27.0 Å². The monoisotopic (exact) mass is 835 g/mol. The molecule has 0 radical (unpaired) electrons. The third-order valence-electron chi connectivity index (χ3n) is 9.02. The molecule has 0 bridgehead atoms. The van der Waals surface area contributed by atoms with Crippen LogP contribution in [0, 0.1) is 0 Å². The number of alkyl carbamates (subject to hydrolysis) is 1. The third kappa shape index (κ3) is 25.3. The lowest BCUT2D eigenvalue weighted by atomic mass is 9.83. The molecule has 1 saturated heterocycles. The van der Waals surface area contributed by atoms with E-state index in [9.17, 15) is 33.6 Å². The Labute approximate surface area is 339 Å². The Balaban J connectivity index is 2.36. The minimum Gasteiger partial charge on any atom is -0.463 e. The number of ether oxygens (including phenoxy) is 5. The second-order valence-electron chi connectivity index (χ2n) is 14.1. The largest absolute Gasteiger partial charge is 0.463 e. The highest BCUT2D eigenvalue weighted by Gasteiger charge is 2.42. The maximum atomic E-state index is 12.6. The molecule has 4 unspecified atom stereocenters. The Bertz CT molecular complexity index is 1250. The van der Waals surface area contributed by atoms with Crippen LogP contribution in [0.2, 0.25) is 0 Å². The number of hydrogen-bond acceptors (Lipinski definition) is 16. The minimum absolute atomic E-state index is 0.0349. The molecule has 0 aromatic heterocycles. The number of primary amides is 1. The average molecular weight is 836 g/mol. The summed E-state index contributed by atoms with van der Waals surface area (Å²) < 4.78 is 27.5. The van der Waals surface area contributed by atoms with Gasteiger partial charge in [-0.3, -0.25) is 39.3 Å². The summed E-state index contributed by atoms with van der Waals surface area (Å²) in [7, 11) is 0. The third-order valence-corrected chi connectivity index (χ3v) is 9.02. The summed E-state index contributed by atoms with van der Waals surface area (Å²) >= 11 is 0. The van der Waals surface area contributed by atoms with E-state index in [1.165, 1.54) is 20.8 Å². The lowest BCUT2D eigenvalue weighted by molar-refractivity contribution is -0.244. The van der Waals surface area contributed by atoms with Gasteiger partial charge in [0.25, 0.3) is 0 Å². The standard InChI is InChI=1S/C37H65N5O16/c1-26(43)41-34-30(57-28(3)45)24-29(25-54-27(2)44)58-35(34)52-20-8-12-32(47)39-18-6-4-5-7-19-40-36(49)53-21-9-15-37(16-10-22-55-50,17-11-23-56-51)42-33(48)14-13-31(38)46/h29-30,34-35,50-51H,4-25H2,1-3H3,(H2,38,46)(H,39,47)(H,40,49)(H,41,43)(H,42,48). The van der Waals surface area contributed by atoms with E-state index in [2.05, 4.69) is 31.0 Å². The van der Waals surface area contributed by atoms with Crippen molar-refractivity contribution in [3.8, 4) is 0 Å². The van der Waals surface area contributed by atoms with Crippen LogP contribution in [-0.4, -0.2) is 128 Å². The molecular weight excluding hydrogens is 770 g/mol. The molecule has 1 fully saturated rings. The van der Waals surface area contributed by atoms with Gasteiger partial charge in [0.2, 0.25) is 23.6 Å². The molecule has 1 aliphatic rings. The van der Waals surface area contributed by atoms with Crippen molar-refractivity contribution >= 4 is 41.7 Å². The predicted molar refractivity (Wildman–Crippen MR) is 203 cm³/mol. The summed E-state index contributed by atoms with van der Waals surface area (Å²) in [4.78, 5) is 91.6. The maximum absolute atomic E-state index is 12.6. The van der Waals surface area contributed by atoms with E-state index in [1.54, 1.807) is 0 Å². The second-order valence-corrected chi connectivity index (χ2v) is 14.1. The molecule has 5 amide bonds. The zero-order valence-corrected chi connectivity index (χ0v) is 34.1. The highest BCUT2D eigenvalue weighted by Crippen LogP contribution is 2.27. The zero-order chi connectivity index (χ0) is 43.2. The van der Waals surface area contributed by atoms with Crippen molar-refractivity contribution < 1.29 is 77.5 Å². The molecule has 0 aliphatic carbocycles. The molecule has 1 rings (SSSR count). The number of nitrogens with two attached hydrogens (primary N) is 1. The summed E-state index contributed by atoms with van der Waals surface area (Å²) in [6.45, 7) is 4.85. The predicted octanol–water partition coefficient (Wildman–Crippen LogP) is 1.74. The van der Waals surface area contributed by atoms with Gasteiger partial charge < -0.3 is 50.7 Å². The number of esters is 2. The van der Waals surface area contributed by atoms with Gasteiger partial charge in [0.05, 0.1) is 32.5 Å². The first-order valence-corrected chi connectivity index (χ1v) is 19.8. The van der Waals surface area contributed by atoms with E-state index in [-0.39, 0.29) is 76.4 Å². The van der Waals surface area contributed by atoms with Crippen molar-refractivity contribution in [3.05, 3.63) is 0 Å². The summed E-state index contributed by atoms with van der Waals surface area (Å²) in [5, 5.41) is 28.8. The van der Waals surface area contributed by atoms with Crippen molar-refractivity contribution in [3.63, 3.8) is 0 Å². The smallest absolute Gasteiger partial charge is 0.407 e. The van der Waals surface area contributed by atoms with Gasteiger partial charge in [-0.2, -0.15) is 0 Å². The first kappa shape index (κ1) is 51.9. The maximum Gasteiger partial charge on any atom is 0.407 e. The fraction of sp³-hybridized carbons (Fsp3) is 0.811. The van der Waals surface area contributed by atoms with E-state index in [1.807, 2.05) is 0 Å². The molecular formula is C37H65N5O16. The SMILES string of the molecule is CC(=O)NC1C(OC(C)=O)CC(COC(C)=O)OC1OCCCC(=O)NCCCCCCNC(=O)OCCCC(CCCOO)(CCCOO)NC(=O)CCC(N)=O. The highest BCUT2D eigenvalue weighted by molar-refractivity contribution is 5.83. The van der Waals surface area contributed by atoms with Crippen molar-refractivity contribution in [2.24, 2.45) is 5.73 Å². The molecule has 0 spiro atoms. The minimum atomic E-state index is -1.01. The van der Waals surface area contributed by atoms with Crippen molar-refractivity contribution in [1.29, 1.82) is 0 Å². The molecule has 334 valence electrons. The van der Waals surface area contributed by atoms with Gasteiger partial charge in [-0.15, -0.1) is 0 Å². The van der Waals surface area contributed by atoms with Crippen LogP contribution in [0.25, 0.3) is 0 Å². The van der Waals surface area contributed by atoms with Crippen LogP contribution in [0.15, 0.2) is 0 Å². The number of nitrogens with one attached hydrogen (secondary N) is 4. The van der Waals surface area contributed by atoms with Crippen LogP contribution in [0.4, 0.5) is 4.79 Å². The van der Waals surface area contributed by atoms with Crippen molar-refractivity contribution in [2.75, 3.05) is 46.1 Å². The number of amides is 5. The Morgan fingerprint density at radius 1 is 0.707 bits per heavy atom. The van der Waals surface area contributed by atoms with E-state index >= 15 is 0 Å². The molecule has 58 heavy (non-hydrogen) atoms. The molecule has 8 N–H and O–H groups in total. The number of rotatable bonds is 32. The summed E-state index contributed by atoms with van der Waals surface area (Å²) in [5.41, 5.74) is 4.38. The number of unbranched alkanes of at least 4 members (excludes halogenated alkanes) is 3. The Morgan fingerprint density at radius 2 is 1.33 bits per heavy atom. The lowest BCUT2D eigenvalue weighted by Crippen LogP contribution is -2.59. The molecule has 21 heteroatoms. The normalized spacial score (nSPS) is 17.7.